The lowest BCUT2D eigenvalue weighted by molar-refractivity contribution is -0.137. The van der Waals surface area contributed by atoms with Crippen LogP contribution in [0, 0.1) is 6.92 Å². The van der Waals surface area contributed by atoms with Crippen molar-refractivity contribution in [2.24, 2.45) is 0 Å². The third kappa shape index (κ3) is 5.14. The Morgan fingerprint density at radius 1 is 1.09 bits per heavy atom. The maximum atomic E-state index is 13.9. The number of thiocarbonyl (C=S) groups is 1. The minimum Gasteiger partial charge on any atom is -0.381 e. The second kappa shape index (κ2) is 9.40. The average molecular weight is 521 g/mol. The third-order valence-corrected chi connectivity index (χ3v) is 7.88. The zero-order chi connectivity index (χ0) is 25.5. The average Bonchev–Trinajstić information content (AvgIpc) is 3.07. The van der Waals surface area contributed by atoms with Gasteiger partial charge in [-0.1, -0.05) is 42.5 Å². The van der Waals surface area contributed by atoms with E-state index in [0.29, 0.717) is 32.6 Å². The SMILES string of the molecule is Cc1c2c(c(S(=O)c3ccccc3)n1Cc1ccc(C(F)(F)F)cc1)C(=S)N(C)NC(C)(C)CN2. The van der Waals surface area contributed by atoms with Crippen LogP contribution in [-0.2, 0) is 23.5 Å². The molecule has 0 bridgehead atoms. The predicted octanol–water partition coefficient (Wildman–Crippen LogP) is 5.35. The van der Waals surface area contributed by atoms with Crippen molar-refractivity contribution in [3.8, 4) is 0 Å². The largest absolute Gasteiger partial charge is 0.416 e. The quantitative estimate of drug-likeness (QED) is 0.455. The van der Waals surface area contributed by atoms with Gasteiger partial charge in [-0.2, -0.15) is 13.2 Å². The molecule has 1 aliphatic heterocycles. The fourth-order valence-corrected chi connectivity index (χ4v) is 5.89. The van der Waals surface area contributed by atoms with Crippen LogP contribution >= 0.6 is 12.2 Å². The Morgan fingerprint density at radius 2 is 1.71 bits per heavy atom. The van der Waals surface area contributed by atoms with Crippen molar-refractivity contribution >= 4 is 33.7 Å². The standard InChI is InChI=1S/C25H27F3N4OS2/c1-16-21-20(22(34)31(4)30-24(2,3)15-29-21)23(35(33)19-8-6-5-7-9-19)32(16)14-17-10-12-18(13-11-17)25(26,27)28/h5-13,29-30H,14-15H2,1-4H3. The molecule has 2 heterocycles. The maximum Gasteiger partial charge on any atom is 0.416 e. The van der Waals surface area contributed by atoms with Crippen LogP contribution in [0.4, 0.5) is 18.9 Å². The van der Waals surface area contributed by atoms with Crippen molar-refractivity contribution in [1.29, 1.82) is 0 Å². The highest BCUT2D eigenvalue weighted by Crippen LogP contribution is 2.36. The van der Waals surface area contributed by atoms with Crippen LogP contribution < -0.4 is 10.7 Å². The van der Waals surface area contributed by atoms with Crippen molar-refractivity contribution < 1.29 is 17.4 Å². The molecule has 0 fully saturated rings. The number of aromatic nitrogens is 1. The summed E-state index contributed by atoms with van der Waals surface area (Å²) in [6.07, 6.45) is -4.40. The van der Waals surface area contributed by atoms with Gasteiger partial charge in [-0.25, -0.2) is 9.63 Å². The fraction of sp³-hybridized carbons (Fsp3) is 0.320. The summed E-state index contributed by atoms with van der Waals surface area (Å²) in [6, 6.07) is 14.1. The third-order valence-electron chi connectivity index (χ3n) is 5.93. The molecule has 186 valence electrons. The molecule has 5 nitrogen and oxygen atoms in total. The van der Waals surface area contributed by atoms with E-state index in [1.165, 1.54) is 12.1 Å². The summed E-state index contributed by atoms with van der Waals surface area (Å²) in [7, 11) is 0.244. The van der Waals surface area contributed by atoms with E-state index >= 15 is 0 Å². The second-order valence-corrected chi connectivity index (χ2v) is 11.0. The Balaban J connectivity index is 1.88. The maximum absolute atomic E-state index is 13.9. The molecule has 0 aliphatic carbocycles. The molecule has 0 radical (unpaired) electrons. The molecule has 3 aromatic rings. The van der Waals surface area contributed by atoms with E-state index < -0.39 is 22.5 Å². The molecule has 0 saturated heterocycles. The van der Waals surface area contributed by atoms with Gasteiger partial charge < -0.3 is 14.9 Å². The number of anilines is 1. The summed E-state index contributed by atoms with van der Waals surface area (Å²) in [5.41, 5.74) is 5.26. The number of hydrazine groups is 1. The van der Waals surface area contributed by atoms with Crippen LogP contribution in [0.3, 0.4) is 0 Å². The Hall–Kier alpha value is -2.69. The molecule has 1 aliphatic rings. The van der Waals surface area contributed by atoms with Gasteiger partial charge in [-0.3, -0.25) is 0 Å². The minimum atomic E-state index is -4.40. The molecule has 0 amide bonds. The molecule has 1 aromatic heterocycles. The van der Waals surface area contributed by atoms with E-state index in [0.717, 1.165) is 23.5 Å². The van der Waals surface area contributed by atoms with Crippen LogP contribution in [0.15, 0.2) is 64.5 Å². The van der Waals surface area contributed by atoms with Gasteiger partial charge in [-0.15, -0.1) is 0 Å². The van der Waals surface area contributed by atoms with Crippen molar-refractivity contribution in [2.75, 3.05) is 18.9 Å². The number of benzene rings is 2. The molecule has 1 atom stereocenters. The van der Waals surface area contributed by atoms with Gasteiger partial charge in [0, 0.05) is 36.3 Å². The first kappa shape index (κ1) is 25.4. The van der Waals surface area contributed by atoms with E-state index in [2.05, 4.69) is 10.7 Å². The Labute approximate surface area is 210 Å². The number of nitrogens with one attached hydrogen (secondary N) is 2. The highest BCUT2D eigenvalue weighted by molar-refractivity contribution is 7.85. The van der Waals surface area contributed by atoms with E-state index in [1.54, 1.807) is 17.1 Å². The summed E-state index contributed by atoms with van der Waals surface area (Å²) in [4.78, 5) is 1.09. The first-order valence-electron chi connectivity index (χ1n) is 11.0. The van der Waals surface area contributed by atoms with Crippen molar-refractivity contribution in [1.82, 2.24) is 15.0 Å². The highest BCUT2D eigenvalue weighted by Gasteiger charge is 2.34. The number of hydrogen-bond donors (Lipinski definition) is 2. The van der Waals surface area contributed by atoms with Crippen molar-refractivity contribution in [3.05, 3.63) is 77.0 Å². The topological polar surface area (TPSA) is 49.3 Å². The normalized spacial score (nSPS) is 16.8. The number of hydrogen-bond acceptors (Lipinski definition) is 4. The summed E-state index contributed by atoms with van der Waals surface area (Å²) in [5.74, 6) is 0. The van der Waals surface area contributed by atoms with E-state index in [-0.39, 0.29) is 12.1 Å². The van der Waals surface area contributed by atoms with Gasteiger partial charge in [0.15, 0.2) is 0 Å². The van der Waals surface area contributed by atoms with E-state index in [1.807, 2.05) is 50.6 Å². The predicted molar refractivity (Wildman–Crippen MR) is 136 cm³/mol. The number of alkyl halides is 3. The van der Waals surface area contributed by atoms with Gasteiger partial charge in [0.05, 0.1) is 16.8 Å². The number of nitrogens with zero attached hydrogens (tertiary/aromatic N) is 2. The Kier molecular flexibility index (Phi) is 6.82. The summed E-state index contributed by atoms with van der Waals surface area (Å²) in [6.45, 7) is 6.82. The summed E-state index contributed by atoms with van der Waals surface area (Å²) < 4.78 is 55.0. The molecule has 2 N–H and O–H groups in total. The van der Waals surface area contributed by atoms with Gasteiger partial charge >= 0.3 is 6.18 Å². The number of rotatable bonds is 4. The molecule has 0 spiro atoms. The zero-order valence-electron chi connectivity index (χ0n) is 19.9. The van der Waals surface area contributed by atoms with Crippen LogP contribution in [-0.4, -0.2) is 37.9 Å². The molecule has 1 unspecified atom stereocenters. The smallest absolute Gasteiger partial charge is 0.381 e. The molecule has 2 aromatic carbocycles. The van der Waals surface area contributed by atoms with Crippen molar-refractivity contribution in [2.45, 2.75) is 49.0 Å². The monoisotopic (exact) mass is 520 g/mol. The Bertz CT molecular complexity index is 1270. The summed E-state index contributed by atoms with van der Waals surface area (Å²) in [5, 5.41) is 5.75. The molecular formula is C25H27F3N4OS2. The molecule has 4 rings (SSSR count). The second-order valence-electron chi connectivity index (χ2n) is 9.22. The highest BCUT2D eigenvalue weighted by atomic mass is 32.2. The van der Waals surface area contributed by atoms with Gasteiger partial charge in [0.25, 0.3) is 0 Å². The number of fused-ring (bicyclic) bond motifs is 1. The first-order chi connectivity index (χ1) is 16.4. The Morgan fingerprint density at radius 3 is 2.31 bits per heavy atom. The fourth-order valence-electron chi connectivity index (χ4n) is 4.17. The van der Waals surface area contributed by atoms with Crippen molar-refractivity contribution in [3.63, 3.8) is 0 Å². The molecule has 0 saturated carbocycles. The summed E-state index contributed by atoms with van der Waals surface area (Å²) >= 11 is 5.84. The van der Waals surface area contributed by atoms with Crippen LogP contribution in [0.1, 0.15) is 36.2 Å². The molecule has 10 heteroatoms. The van der Waals surface area contributed by atoms with E-state index in [9.17, 15) is 17.4 Å². The first-order valence-corrected chi connectivity index (χ1v) is 12.6. The lowest BCUT2D eigenvalue weighted by Crippen LogP contribution is -2.56. The van der Waals surface area contributed by atoms with Crippen LogP contribution in [0.5, 0.6) is 0 Å². The van der Waals surface area contributed by atoms with Gasteiger partial charge in [0.1, 0.15) is 20.8 Å². The number of halogens is 3. The molecular weight excluding hydrogens is 493 g/mol. The molecule has 35 heavy (non-hydrogen) atoms. The lowest BCUT2D eigenvalue weighted by atomic mass is 10.1. The van der Waals surface area contributed by atoms with Gasteiger partial charge in [-0.05, 0) is 50.6 Å². The zero-order valence-corrected chi connectivity index (χ0v) is 21.5. The van der Waals surface area contributed by atoms with Gasteiger partial charge in [0.2, 0.25) is 0 Å². The minimum absolute atomic E-state index is 0.246. The van der Waals surface area contributed by atoms with Crippen LogP contribution in [0.2, 0.25) is 0 Å². The lowest BCUT2D eigenvalue weighted by Gasteiger charge is -2.36. The van der Waals surface area contributed by atoms with Crippen LogP contribution in [0.25, 0.3) is 0 Å². The van der Waals surface area contributed by atoms with E-state index in [4.69, 9.17) is 12.2 Å².